The van der Waals surface area contributed by atoms with Gasteiger partial charge in [0.2, 0.25) is 0 Å². The maximum absolute atomic E-state index is 13.0. The molecule has 26 heavy (non-hydrogen) atoms. The van der Waals surface area contributed by atoms with Gasteiger partial charge >= 0.3 is 5.69 Å². The van der Waals surface area contributed by atoms with Crippen molar-refractivity contribution < 1.29 is 4.79 Å². The molecule has 0 aromatic carbocycles. The summed E-state index contributed by atoms with van der Waals surface area (Å²) in [6.45, 7) is 4.13. The molecule has 0 saturated heterocycles. The zero-order valence-corrected chi connectivity index (χ0v) is 16.1. The average Bonchev–Trinajstić information content (AvgIpc) is 3.09. The molecule has 1 aliphatic carbocycles. The molecule has 6 nitrogen and oxygen atoms in total. The van der Waals surface area contributed by atoms with Crippen LogP contribution < -0.4 is 16.6 Å². The number of carbonyl (C=O) groups excluding carboxylic acids is 1. The van der Waals surface area contributed by atoms with Gasteiger partial charge in [0.25, 0.3) is 5.56 Å². The Labute approximate surface area is 154 Å². The third-order valence-electron chi connectivity index (χ3n) is 5.29. The fourth-order valence-electron chi connectivity index (χ4n) is 4.09. The highest BCUT2D eigenvalue weighted by molar-refractivity contribution is 7.10. The summed E-state index contributed by atoms with van der Waals surface area (Å²) in [5, 5.41) is 5.21. The molecule has 0 bridgehead atoms. The van der Waals surface area contributed by atoms with Gasteiger partial charge in [-0.2, -0.15) is 0 Å². The summed E-state index contributed by atoms with van der Waals surface area (Å²) in [6.07, 6.45) is 1.16. The minimum absolute atomic E-state index is 0.0729. The van der Waals surface area contributed by atoms with E-state index in [-0.39, 0.29) is 22.4 Å². The fraction of sp³-hybridized carbons (Fsp3) is 0.421. The summed E-state index contributed by atoms with van der Waals surface area (Å²) in [4.78, 5) is 39.4. The van der Waals surface area contributed by atoms with Crippen molar-refractivity contribution in [2.75, 3.05) is 5.32 Å². The van der Waals surface area contributed by atoms with Crippen molar-refractivity contribution in [1.82, 2.24) is 9.13 Å². The minimum Gasteiger partial charge on any atom is -0.344 e. The van der Waals surface area contributed by atoms with Crippen molar-refractivity contribution in [3.63, 3.8) is 0 Å². The summed E-state index contributed by atoms with van der Waals surface area (Å²) in [5.41, 5.74) is 1.10. The van der Waals surface area contributed by atoms with Crippen LogP contribution in [0.15, 0.2) is 38.4 Å². The smallest absolute Gasteiger partial charge is 0.332 e. The lowest BCUT2D eigenvalue weighted by Crippen LogP contribution is -2.44. The third-order valence-corrected chi connectivity index (χ3v) is 6.23. The molecule has 0 amide bonds. The Morgan fingerprint density at radius 3 is 2.54 bits per heavy atom. The number of carbonyl (C=O) groups is 1. The molecule has 136 valence electrons. The van der Waals surface area contributed by atoms with Gasteiger partial charge < -0.3 is 5.32 Å². The van der Waals surface area contributed by atoms with Crippen molar-refractivity contribution in [2.24, 2.45) is 19.5 Å². The van der Waals surface area contributed by atoms with Crippen molar-refractivity contribution in [3.8, 4) is 0 Å². The predicted octanol–water partition coefficient (Wildman–Crippen LogP) is 2.35. The van der Waals surface area contributed by atoms with Gasteiger partial charge in [0.15, 0.2) is 5.78 Å². The van der Waals surface area contributed by atoms with Gasteiger partial charge in [-0.3, -0.25) is 18.7 Å². The minimum atomic E-state index is -0.421. The first kappa shape index (κ1) is 17.0. The topological polar surface area (TPSA) is 73.1 Å². The van der Waals surface area contributed by atoms with E-state index in [2.05, 4.69) is 19.2 Å². The Bertz CT molecular complexity index is 1070. The molecule has 3 heterocycles. The van der Waals surface area contributed by atoms with Gasteiger partial charge in [-0.15, -0.1) is 11.3 Å². The number of rotatable bonds is 1. The van der Waals surface area contributed by atoms with Crippen molar-refractivity contribution >= 4 is 22.9 Å². The second-order valence-electron chi connectivity index (χ2n) is 7.87. The predicted molar refractivity (Wildman–Crippen MR) is 102 cm³/mol. The molecule has 4 rings (SSSR count). The molecule has 1 unspecified atom stereocenters. The molecule has 2 aliphatic rings. The molecule has 1 atom stereocenters. The second kappa shape index (κ2) is 5.54. The largest absolute Gasteiger partial charge is 0.344 e. The Morgan fingerprint density at radius 1 is 1.15 bits per heavy atom. The van der Waals surface area contributed by atoms with Crippen LogP contribution in [-0.2, 0) is 18.9 Å². The van der Waals surface area contributed by atoms with Crippen LogP contribution in [0.4, 0.5) is 5.82 Å². The summed E-state index contributed by atoms with van der Waals surface area (Å²) in [5.74, 6) is 0.153. The summed E-state index contributed by atoms with van der Waals surface area (Å²) in [6, 6.07) is 3.87. The van der Waals surface area contributed by atoms with Crippen molar-refractivity contribution in [2.45, 2.75) is 32.6 Å². The molecule has 0 radical (unpaired) electrons. The number of fused-ring (bicyclic) bond motifs is 1. The van der Waals surface area contributed by atoms with Crippen LogP contribution in [0.2, 0.25) is 0 Å². The number of nitrogens with zero attached hydrogens (tertiary/aromatic N) is 2. The molecular weight excluding hydrogens is 350 g/mol. The number of hydrogen-bond donors (Lipinski definition) is 1. The van der Waals surface area contributed by atoms with Crippen LogP contribution in [0, 0.1) is 5.41 Å². The Kier molecular flexibility index (Phi) is 3.63. The fourth-order valence-corrected chi connectivity index (χ4v) is 4.93. The Morgan fingerprint density at radius 2 is 1.88 bits per heavy atom. The lowest BCUT2D eigenvalue weighted by Gasteiger charge is -2.39. The van der Waals surface area contributed by atoms with Crippen LogP contribution in [0.25, 0.3) is 0 Å². The number of anilines is 1. The summed E-state index contributed by atoms with van der Waals surface area (Å²) in [7, 11) is 3.13. The molecule has 2 aromatic heterocycles. The zero-order chi connectivity index (χ0) is 18.8. The SMILES string of the molecule is Cn1c2c(c(=O)n(C)c1=O)C(c1cccs1)C1=C(CC(C)(C)CC1=O)N2. The highest BCUT2D eigenvalue weighted by Gasteiger charge is 2.43. The van der Waals surface area contributed by atoms with Crippen LogP contribution in [-0.4, -0.2) is 14.9 Å². The van der Waals surface area contributed by atoms with E-state index in [0.29, 0.717) is 29.8 Å². The lowest BCUT2D eigenvalue weighted by atomic mass is 9.70. The van der Waals surface area contributed by atoms with Gasteiger partial charge in [-0.25, -0.2) is 4.79 Å². The van der Waals surface area contributed by atoms with E-state index in [1.807, 2.05) is 17.5 Å². The first-order valence-electron chi connectivity index (χ1n) is 8.58. The van der Waals surface area contributed by atoms with Crippen LogP contribution in [0.1, 0.15) is 43.0 Å². The van der Waals surface area contributed by atoms with Crippen LogP contribution >= 0.6 is 11.3 Å². The van der Waals surface area contributed by atoms with E-state index in [9.17, 15) is 14.4 Å². The van der Waals surface area contributed by atoms with Gasteiger partial charge in [-0.1, -0.05) is 19.9 Å². The van der Waals surface area contributed by atoms with Gasteiger partial charge in [0.1, 0.15) is 5.82 Å². The zero-order valence-electron chi connectivity index (χ0n) is 15.3. The first-order chi connectivity index (χ1) is 12.2. The van der Waals surface area contributed by atoms with E-state index in [4.69, 9.17) is 0 Å². The van der Waals surface area contributed by atoms with E-state index < -0.39 is 5.92 Å². The van der Waals surface area contributed by atoms with E-state index in [1.54, 1.807) is 7.05 Å². The number of ketones is 1. The molecule has 7 heteroatoms. The third kappa shape index (κ3) is 2.34. The van der Waals surface area contributed by atoms with E-state index in [0.717, 1.165) is 15.1 Å². The molecular formula is C19H21N3O3S. The van der Waals surface area contributed by atoms with Crippen LogP contribution in [0.3, 0.4) is 0 Å². The van der Waals surface area contributed by atoms with Crippen molar-refractivity contribution in [1.29, 1.82) is 0 Å². The molecule has 2 aromatic rings. The normalized spacial score (nSPS) is 21.2. The maximum Gasteiger partial charge on any atom is 0.332 e. The molecule has 1 aliphatic heterocycles. The molecule has 0 saturated carbocycles. The highest BCUT2D eigenvalue weighted by atomic mass is 32.1. The van der Waals surface area contributed by atoms with Crippen molar-refractivity contribution in [3.05, 3.63) is 60.1 Å². The molecule has 0 fully saturated rings. The lowest BCUT2D eigenvalue weighted by molar-refractivity contribution is -0.118. The molecule has 0 spiro atoms. The Balaban J connectivity index is 2.07. The Hall–Kier alpha value is -2.41. The summed E-state index contributed by atoms with van der Waals surface area (Å²) < 4.78 is 2.58. The number of hydrogen-bond acceptors (Lipinski definition) is 5. The van der Waals surface area contributed by atoms with Gasteiger partial charge in [0.05, 0.1) is 11.5 Å². The monoisotopic (exact) mass is 371 g/mol. The maximum atomic E-state index is 13.0. The number of Topliss-reactive ketones (excluding diaryl/α,β-unsaturated/α-hetero) is 1. The number of thiophene rings is 1. The van der Waals surface area contributed by atoms with Gasteiger partial charge in [-0.05, 0) is 23.3 Å². The summed E-state index contributed by atoms with van der Waals surface area (Å²) >= 11 is 1.53. The number of aromatic nitrogens is 2. The average molecular weight is 371 g/mol. The number of allylic oxidation sites excluding steroid dienone is 2. The highest BCUT2D eigenvalue weighted by Crippen LogP contribution is 2.48. The van der Waals surface area contributed by atoms with E-state index >= 15 is 0 Å². The quantitative estimate of drug-likeness (QED) is 0.835. The number of nitrogens with one attached hydrogen (secondary N) is 1. The van der Waals surface area contributed by atoms with E-state index in [1.165, 1.54) is 23.0 Å². The standard InChI is InChI=1S/C19H21N3O3S/c1-19(2)8-10-13(11(23)9-19)14(12-6-5-7-26-12)15-16(20-10)21(3)18(25)22(4)17(15)24/h5-7,14,20H,8-9H2,1-4H3. The van der Waals surface area contributed by atoms with Crippen LogP contribution in [0.5, 0.6) is 0 Å². The van der Waals surface area contributed by atoms with Gasteiger partial charge in [0, 0.05) is 36.7 Å². The second-order valence-corrected chi connectivity index (χ2v) is 8.85. The molecule has 1 N–H and O–H groups in total. The first-order valence-corrected chi connectivity index (χ1v) is 9.46.